The molecule has 3 rings (SSSR count). The van der Waals surface area contributed by atoms with Gasteiger partial charge < -0.3 is 24.2 Å². The summed E-state index contributed by atoms with van der Waals surface area (Å²) in [5.74, 6) is -0.358. The van der Waals surface area contributed by atoms with Crippen LogP contribution in [-0.2, 0) is 14.3 Å². The third kappa shape index (κ3) is 5.54. The Balaban J connectivity index is 2.09. The molecule has 7 heteroatoms. The van der Waals surface area contributed by atoms with Gasteiger partial charge >= 0.3 is 0 Å². The van der Waals surface area contributed by atoms with Gasteiger partial charge in [0.05, 0.1) is 24.8 Å². The van der Waals surface area contributed by atoms with E-state index in [4.69, 9.17) is 14.2 Å². The van der Waals surface area contributed by atoms with Crippen molar-refractivity contribution in [3.63, 3.8) is 0 Å². The lowest BCUT2D eigenvalue weighted by Gasteiger charge is -2.25. The zero-order chi connectivity index (χ0) is 23.8. The van der Waals surface area contributed by atoms with Crippen LogP contribution in [0.3, 0.4) is 0 Å². The second-order valence-electron chi connectivity index (χ2n) is 7.72. The minimum atomic E-state index is -0.734. The summed E-state index contributed by atoms with van der Waals surface area (Å²) in [5, 5.41) is 11.2. The monoisotopic (exact) mass is 453 g/mol. The van der Waals surface area contributed by atoms with E-state index in [0.29, 0.717) is 55.4 Å². The van der Waals surface area contributed by atoms with Crippen LogP contribution in [-0.4, -0.2) is 55.2 Å². The summed E-state index contributed by atoms with van der Waals surface area (Å²) in [6.07, 6.45) is 1.41. The van der Waals surface area contributed by atoms with Crippen molar-refractivity contribution in [2.24, 2.45) is 0 Å². The summed E-state index contributed by atoms with van der Waals surface area (Å²) in [4.78, 5) is 27.6. The molecule has 1 aliphatic heterocycles. The summed E-state index contributed by atoms with van der Waals surface area (Å²) in [7, 11) is 1.59. The van der Waals surface area contributed by atoms with Crippen molar-refractivity contribution in [2.45, 2.75) is 32.7 Å². The number of carbonyl (C=O) groups excluding carboxylic acids is 2. The summed E-state index contributed by atoms with van der Waals surface area (Å²) < 4.78 is 16.4. The molecule has 0 radical (unpaired) electrons. The van der Waals surface area contributed by atoms with E-state index in [-0.39, 0.29) is 11.3 Å². The fourth-order valence-electron chi connectivity index (χ4n) is 3.89. The molecule has 176 valence electrons. The standard InChI is InChI=1S/C26H31NO6/c1-4-14-33-21-12-7-10-19(17-21)24(28)22-23(18-9-6-11-20(16-18)32-5-2)27(13-8-15-31-3)26(30)25(22)29/h6-7,9-12,16-17,23,28H,4-5,8,13-15H2,1-3H3/b24-22-. The van der Waals surface area contributed by atoms with Gasteiger partial charge in [0, 0.05) is 25.8 Å². The van der Waals surface area contributed by atoms with Gasteiger partial charge in [-0.05, 0) is 49.6 Å². The number of aliphatic hydroxyl groups is 1. The number of aliphatic hydroxyl groups excluding tert-OH is 1. The fourth-order valence-corrected chi connectivity index (χ4v) is 3.89. The number of ketones is 1. The van der Waals surface area contributed by atoms with E-state index in [0.717, 1.165) is 6.42 Å². The predicted molar refractivity (Wildman–Crippen MR) is 125 cm³/mol. The molecule has 1 heterocycles. The number of ether oxygens (including phenoxy) is 3. The molecule has 1 fully saturated rings. The molecule has 1 saturated heterocycles. The maximum Gasteiger partial charge on any atom is 0.295 e. The van der Waals surface area contributed by atoms with E-state index in [1.165, 1.54) is 4.90 Å². The maximum atomic E-state index is 13.1. The van der Waals surface area contributed by atoms with E-state index in [1.54, 1.807) is 37.4 Å². The van der Waals surface area contributed by atoms with E-state index in [1.807, 2.05) is 32.0 Å². The number of hydrogen-bond acceptors (Lipinski definition) is 6. The topological polar surface area (TPSA) is 85.3 Å². The van der Waals surface area contributed by atoms with Crippen molar-refractivity contribution in [2.75, 3.05) is 33.5 Å². The Morgan fingerprint density at radius 2 is 1.73 bits per heavy atom. The number of amides is 1. The minimum Gasteiger partial charge on any atom is -0.507 e. The molecule has 0 aromatic heterocycles. The van der Waals surface area contributed by atoms with Crippen molar-refractivity contribution < 1.29 is 28.9 Å². The van der Waals surface area contributed by atoms with Crippen LogP contribution in [0.15, 0.2) is 54.1 Å². The number of carbonyl (C=O) groups is 2. The summed E-state index contributed by atoms with van der Waals surface area (Å²) in [6.45, 7) is 5.69. The molecule has 1 aliphatic rings. The molecule has 0 saturated carbocycles. The van der Waals surface area contributed by atoms with Gasteiger partial charge in [-0.15, -0.1) is 0 Å². The highest BCUT2D eigenvalue weighted by Gasteiger charge is 2.45. The smallest absolute Gasteiger partial charge is 0.295 e. The number of nitrogens with zero attached hydrogens (tertiary/aromatic N) is 1. The summed E-state index contributed by atoms with van der Waals surface area (Å²) >= 11 is 0. The molecule has 1 unspecified atom stereocenters. The highest BCUT2D eigenvalue weighted by molar-refractivity contribution is 6.46. The van der Waals surface area contributed by atoms with Crippen LogP contribution in [0.5, 0.6) is 11.5 Å². The number of Topliss-reactive ketones (excluding diaryl/α,β-unsaturated/α-hetero) is 1. The first-order chi connectivity index (χ1) is 16.0. The first-order valence-electron chi connectivity index (χ1n) is 11.2. The van der Waals surface area contributed by atoms with Gasteiger partial charge in [0.2, 0.25) is 0 Å². The van der Waals surface area contributed by atoms with Gasteiger partial charge in [-0.2, -0.15) is 0 Å². The molecule has 1 N–H and O–H groups in total. The lowest BCUT2D eigenvalue weighted by molar-refractivity contribution is -0.140. The third-order valence-electron chi connectivity index (χ3n) is 5.35. The number of likely N-dealkylation sites (tertiary alicyclic amines) is 1. The summed E-state index contributed by atoms with van der Waals surface area (Å²) in [6, 6.07) is 13.4. The van der Waals surface area contributed by atoms with Gasteiger partial charge in [0.15, 0.2) is 0 Å². The zero-order valence-corrected chi connectivity index (χ0v) is 19.4. The van der Waals surface area contributed by atoms with Gasteiger partial charge in [-0.25, -0.2) is 0 Å². The van der Waals surface area contributed by atoms with E-state index >= 15 is 0 Å². The largest absolute Gasteiger partial charge is 0.507 e. The normalized spacial score (nSPS) is 17.4. The first kappa shape index (κ1) is 24.3. The Hall–Kier alpha value is -3.32. The Bertz CT molecular complexity index is 1020. The van der Waals surface area contributed by atoms with Crippen LogP contribution >= 0.6 is 0 Å². The quantitative estimate of drug-likeness (QED) is 0.236. The Morgan fingerprint density at radius 3 is 2.42 bits per heavy atom. The second-order valence-corrected chi connectivity index (χ2v) is 7.72. The number of benzene rings is 2. The second kappa shape index (κ2) is 11.5. The van der Waals surface area contributed by atoms with Crippen LogP contribution in [0.1, 0.15) is 43.9 Å². The number of methoxy groups -OCH3 is 1. The zero-order valence-electron chi connectivity index (χ0n) is 19.4. The minimum absolute atomic E-state index is 0.0544. The van der Waals surface area contributed by atoms with Crippen molar-refractivity contribution in [1.29, 1.82) is 0 Å². The van der Waals surface area contributed by atoms with Crippen molar-refractivity contribution >= 4 is 17.4 Å². The van der Waals surface area contributed by atoms with Crippen LogP contribution in [0, 0.1) is 0 Å². The summed E-state index contributed by atoms with van der Waals surface area (Å²) in [5.41, 5.74) is 1.17. The van der Waals surface area contributed by atoms with Crippen molar-refractivity contribution in [1.82, 2.24) is 4.90 Å². The molecule has 2 aromatic carbocycles. The molecular weight excluding hydrogens is 422 g/mol. The highest BCUT2D eigenvalue weighted by atomic mass is 16.5. The predicted octanol–water partition coefficient (Wildman–Crippen LogP) is 4.33. The Labute approximate surface area is 194 Å². The van der Waals surface area contributed by atoms with Crippen LogP contribution in [0.2, 0.25) is 0 Å². The van der Waals surface area contributed by atoms with E-state index in [9.17, 15) is 14.7 Å². The molecule has 0 aliphatic carbocycles. The maximum absolute atomic E-state index is 13.1. The molecule has 1 atom stereocenters. The van der Waals surface area contributed by atoms with E-state index in [2.05, 4.69) is 0 Å². The molecule has 7 nitrogen and oxygen atoms in total. The molecular formula is C26H31NO6. The Kier molecular flexibility index (Phi) is 8.49. The van der Waals surface area contributed by atoms with Gasteiger partial charge in [-0.1, -0.05) is 31.2 Å². The van der Waals surface area contributed by atoms with Gasteiger partial charge in [0.25, 0.3) is 11.7 Å². The molecule has 1 amide bonds. The number of hydrogen-bond donors (Lipinski definition) is 1. The third-order valence-corrected chi connectivity index (χ3v) is 5.35. The van der Waals surface area contributed by atoms with Crippen LogP contribution < -0.4 is 9.47 Å². The lowest BCUT2D eigenvalue weighted by Crippen LogP contribution is -2.31. The number of rotatable bonds is 11. The fraction of sp³-hybridized carbons (Fsp3) is 0.385. The molecule has 2 aromatic rings. The SMILES string of the molecule is CCCOc1cccc(/C(O)=C2/C(=O)C(=O)N(CCCOC)C2c2cccc(OCC)c2)c1. The highest BCUT2D eigenvalue weighted by Crippen LogP contribution is 2.40. The average Bonchev–Trinajstić information content (AvgIpc) is 3.08. The van der Waals surface area contributed by atoms with Crippen LogP contribution in [0.4, 0.5) is 0 Å². The van der Waals surface area contributed by atoms with Gasteiger partial charge in [-0.3, -0.25) is 9.59 Å². The van der Waals surface area contributed by atoms with Crippen LogP contribution in [0.25, 0.3) is 5.76 Å². The van der Waals surface area contributed by atoms with Gasteiger partial charge in [0.1, 0.15) is 17.3 Å². The molecule has 0 bridgehead atoms. The Morgan fingerprint density at radius 1 is 1.00 bits per heavy atom. The molecule has 0 spiro atoms. The lowest BCUT2D eigenvalue weighted by atomic mass is 9.95. The van der Waals surface area contributed by atoms with Crippen molar-refractivity contribution in [3.05, 3.63) is 65.2 Å². The first-order valence-corrected chi connectivity index (χ1v) is 11.2. The molecule has 33 heavy (non-hydrogen) atoms. The average molecular weight is 454 g/mol. The van der Waals surface area contributed by atoms with Crippen molar-refractivity contribution in [3.8, 4) is 11.5 Å². The van der Waals surface area contributed by atoms with E-state index < -0.39 is 17.7 Å².